The molecule has 2 atom stereocenters. The zero-order chi connectivity index (χ0) is 13.5. The number of ether oxygens (including phenoxy) is 1. The molecule has 112 valence electrons. The van der Waals surface area contributed by atoms with Gasteiger partial charge in [0.05, 0.1) is 13.2 Å². The van der Waals surface area contributed by atoms with E-state index in [0.717, 1.165) is 32.7 Å². The SMILES string of the molecule is CNC1CCOCC1CN(CCO)C1CCCCC1. The van der Waals surface area contributed by atoms with E-state index < -0.39 is 0 Å². The maximum Gasteiger partial charge on any atom is 0.0558 e. The normalized spacial score (nSPS) is 29.8. The number of nitrogens with zero attached hydrogens (tertiary/aromatic N) is 1. The monoisotopic (exact) mass is 270 g/mol. The summed E-state index contributed by atoms with van der Waals surface area (Å²) in [4.78, 5) is 2.52. The molecule has 1 aliphatic heterocycles. The van der Waals surface area contributed by atoms with Crippen molar-refractivity contribution in [2.24, 2.45) is 5.92 Å². The molecule has 19 heavy (non-hydrogen) atoms. The summed E-state index contributed by atoms with van der Waals surface area (Å²) in [6.45, 7) is 3.90. The molecule has 1 saturated heterocycles. The maximum atomic E-state index is 9.33. The smallest absolute Gasteiger partial charge is 0.0558 e. The van der Waals surface area contributed by atoms with Gasteiger partial charge in [-0.3, -0.25) is 4.90 Å². The number of aliphatic hydroxyl groups is 1. The Bertz CT molecular complexity index is 244. The van der Waals surface area contributed by atoms with Gasteiger partial charge in [-0.15, -0.1) is 0 Å². The van der Waals surface area contributed by atoms with Crippen LogP contribution in [-0.4, -0.2) is 62.0 Å². The number of aliphatic hydroxyl groups excluding tert-OH is 1. The Morgan fingerprint density at radius 1 is 1.21 bits per heavy atom. The maximum absolute atomic E-state index is 9.33. The van der Waals surface area contributed by atoms with Crippen molar-refractivity contribution in [2.45, 2.75) is 50.6 Å². The second kappa shape index (κ2) is 8.20. The third kappa shape index (κ3) is 4.42. The quantitative estimate of drug-likeness (QED) is 0.762. The molecule has 2 N–H and O–H groups in total. The Balaban J connectivity index is 1.90. The minimum Gasteiger partial charge on any atom is -0.395 e. The molecule has 0 amide bonds. The Labute approximate surface area is 117 Å². The second-order valence-electron chi connectivity index (χ2n) is 6.03. The molecular weight excluding hydrogens is 240 g/mol. The van der Waals surface area contributed by atoms with Gasteiger partial charge in [-0.25, -0.2) is 0 Å². The van der Waals surface area contributed by atoms with E-state index in [1.165, 1.54) is 32.1 Å². The minimum atomic E-state index is 0.272. The van der Waals surface area contributed by atoms with Crippen LogP contribution < -0.4 is 5.32 Å². The van der Waals surface area contributed by atoms with E-state index in [1.54, 1.807) is 0 Å². The van der Waals surface area contributed by atoms with Crippen LogP contribution in [0.25, 0.3) is 0 Å². The summed E-state index contributed by atoms with van der Waals surface area (Å²) in [5, 5.41) is 12.8. The minimum absolute atomic E-state index is 0.272. The average Bonchev–Trinajstić information content (AvgIpc) is 2.48. The van der Waals surface area contributed by atoms with Gasteiger partial charge in [-0.05, 0) is 26.3 Å². The van der Waals surface area contributed by atoms with Gasteiger partial charge in [0.15, 0.2) is 0 Å². The van der Waals surface area contributed by atoms with Crippen molar-refractivity contribution in [3.05, 3.63) is 0 Å². The highest BCUT2D eigenvalue weighted by Crippen LogP contribution is 2.25. The summed E-state index contributed by atoms with van der Waals surface area (Å²) >= 11 is 0. The third-order valence-electron chi connectivity index (χ3n) is 4.79. The van der Waals surface area contributed by atoms with Gasteiger partial charge in [0.1, 0.15) is 0 Å². The van der Waals surface area contributed by atoms with Crippen LogP contribution in [0, 0.1) is 5.92 Å². The molecule has 0 bridgehead atoms. The number of rotatable bonds is 6. The fraction of sp³-hybridized carbons (Fsp3) is 1.00. The van der Waals surface area contributed by atoms with Gasteiger partial charge in [-0.1, -0.05) is 19.3 Å². The molecule has 0 aromatic carbocycles. The lowest BCUT2D eigenvalue weighted by Gasteiger charge is -2.39. The lowest BCUT2D eigenvalue weighted by Crippen LogP contribution is -2.49. The summed E-state index contributed by atoms with van der Waals surface area (Å²) in [6, 6.07) is 1.25. The summed E-state index contributed by atoms with van der Waals surface area (Å²) in [7, 11) is 2.06. The first kappa shape index (κ1) is 15.2. The summed E-state index contributed by atoms with van der Waals surface area (Å²) in [5.74, 6) is 0.562. The predicted octanol–water partition coefficient (Wildman–Crippen LogP) is 1.24. The van der Waals surface area contributed by atoms with Crippen LogP contribution in [0.2, 0.25) is 0 Å². The first-order valence-corrected chi connectivity index (χ1v) is 7.95. The molecule has 0 aromatic rings. The van der Waals surface area contributed by atoms with Crippen molar-refractivity contribution >= 4 is 0 Å². The van der Waals surface area contributed by atoms with E-state index in [9.17, 15) is 5.11 Å². The van der Waals surface area contributed by atoms with Crippen LogP contribution in [0.15, 0.2) is 0 Å². The van der Waals surface area contributed by atoms with E-state index in [0.29, 0.717) is 18.0 Å². The molecule has 1 aliphatic carbocycles. The predicted molar refractivity (Wildman–Crippen MR) is 77.3 cm³/mol. The van der Waals surface area contributed by atoms with Crippen molar-refractivity contribution in [3.63, 3.8) is 0 Å². The second-order valence-corrected chi connectivity index (χ2v) is 6.03. The number of hydrogen-bond acceptors (Lipinski definition) is 4. The molecule has 4 heteroatoms. The lowest BCUT2D eigenvalue weighted by atomic mass is 9.91. The molecule has 2 fully saturated rings. The van der Waals surface area contributed by atoms with E-state index in [1.807, 2.05) is 0 Å². The zero-order valence-electron chi connectivity index (χ0n) is 12.3. The lowest BCUT2D eigenvalue weighted by molar-refractivity contribution is 0.00502. The molecule has 1 heterocycles. The fourth-order valence-corrected chi connectivity index (χ4v) is 3.66. The summed E-state index contributed by atoms with van der Waals surface area (Å²) in [5.41, 5.74) is 0. The van der Waals surface area contributed by atoms with Crippen LogP contribution in [0.1, 0.15) is 38.5 Å². The molecule has 1 saturated carbocycles. The highest BCUT2D eigenvalue weighted by molar-refractivity contribution is 4.84. The van der Waals surface area contributed by atoms with Gasteiger partial charge in [0, 0.05) is 37.7 Å². The van der Waals surface area contributed by atoms with Crippen molar-refractivity contribution in [2.75, 3.05) is 40.0 Å². The third-order valence-corrected chi connectivity index (χ3v) is 4.79. The molecule has 0 aromatic heterocycles. The van der Waals surface area contributed by atoms with Crippen LogP contribution >= 0.6 is 0 Å². The van der Waals surface area contributed by atoms with Crippen molar-refractivity contribution in [1.29, 1.82) is 0 Å². The van der Waals surface area contributed by atoms with Crippen LogP contribution in [0.3, 0.4) is 0 Å². The molecule has 2 rings (SSSR count). The van der Waals surface area contributed by atoms with E-state index in [-0.39, 0.29) is 6.61 Å². The van der Waals surface area contributed by atoms with E-state index in [2.05, 4.69) is 17.3 Å². The van der Waals surface area contributed by atoms with Gasteiger partial charge in [0.25, 0.3) is 0 Å². The summed E-state index contributed by atoms with van der Waals surface area (Å²) < 4.78 is 5.65. The van der Waals surface area contributed by atoms with Crippen LogP contribution in [-0.2, 0) is 4.74 Å². The topological polar surface area (TPSA) is 44.7 Å². The molecular formula is C15H30N2O2. The average molecular weight is 270 g/mol. The van der Waals surface area contributed by atoms with Crippen molar-refractivity contribution in [3.8, 4) is 0 Å². The van der Waals surface area contributed by atoms with Gasteiger partial charge in [-0.2, -0.15) is 0 Å². The number of nitrogens with one attached hydrogen (secondary N) is 1. The first-order chi connectivity index (χ1) is 9.35. The first-order valence-electron chi connectivity index (χ1n) is 7.95. The molecule has 0 radical (unpaired) electrons. The van der Waals surface area contributed by atoms with E-state index >= 15 is 0 Å². The van der Waals surface area contributed by atoms with Gasteiger partial charge in [0.2, 0.25) is 0 Å². The Kier molecular flexibility index (Phi) is 6.57. The fourth-order valence-electron chi connectivity index (χ4n) is 3.66. The summed E-state index contributed by atoms with van der Waals surface area (Å²) in [6.07, 6.45) is 7.80. The molecule has 0 spiro atoms. The molecule has 2 aliphatic rings. The van der Waals surface area contributed by atoms with Crippen molar-refractivity contribution in [1.82, 2.24) is 10.2 Å². The Morgan fingerprint density at radius 2 is 2.00 bits per heavy atom. The Hall–Kier alpha value is -0.160. The van der Waals surface area contributed by atoms with Gasteiger partial charge >= 0.3 is 0 Å². The Morgan fingerprint density at radius 3 is 2.68 bits per heavy atom. The van der Waals surface area contributed by atoms with Gasteiger partial charge < -0.3 is 15.2 Å². The standard InChI is InChI=1S/C15H30N2O2/c1-16-15-7-10-19-12-13(15)11-17(8-9-18)14-5-3-2-4-6-14/h13-16,18H,2-12H2,1H3. The van der Waals surface area contributed by atoms with E-state index in [4.69, 9.17) is 4.74 Å². The zero-order valence-corrected chi connectivity index (χ0v) is 12.3. The molecule has 4 nitrogen and oxygen atoms in total. The molecule has 2 unspecified atom stereocenters. The highest BCUT2D eigenvalue weighted by Gasteiger charge is 2.29. The van der Waals surface area contributed by atoms with Crippen molar-refractivity contribution < 1.29 is 9.84 Å². The number of hydrogen-bond donors (Lipinski definition) is 2. The highest BCUT2D eigenvalue weighted by atomic mass is 16.5. The van der Waals surface area contributed by atoms with Crippen LogP contribution in [0.5, 0.6) is 0 Å². The van der Waals surface area contributed by atoms with Crippen LogP contribution in [0.4, 0.5) is 0 Å². The largest absolute Gasteiger partial charge is 0.395 e.